The minimum absolute atomic E-state index is 0.0594. The average Bonchev–Trinajstić information content (AvgIpc) is 3.36. The van der Waals surface area contributed by atoms with E-state index in [-0.39, 0.29) is 11.5 Å². The maximum Gasteiger partial charge on any atom is 0.307 e. The van der Waals surface area contributed by atoms with Gasteiger partial charge in [0.15, 0.2) is 11.5 Å². The van der Waals surface area contributed by atoms with E-state index in [1.165, 1.54) is 12.1 Å². The van der Waals surface area contributed by atoms with Gasteiger partial charge in [-0.1, -0.05) is 24.3 Å². The van der Waals surface area contributed by atoms with Crippen LogP contribution < -0.4 is 20.3 Å². The van der Waals surface area contributed by atoms with Crippen LogP contribution in [-0.2, 0) is 0 Å². The second-order valence-corrected chi connectivity index (χ2v) is 6.90. The van der Waals surface area contributed by atoms with Crippen molar-refractivity contribution in [2.24, 2.45) is 10.2 Å². The fourth-order valence-electron chi connectivity index (χ4n) is 2.79. The lowest BCUT2D eigenvalue weighted by Gasteiger charge is -2.05. The summed E-state index contributed by atoms with van der Waals surface area (Å²) < 4.78 is 15.7. The monoisotopic (exact) mass is 448 g/mol. The summed E-state index contributed by atoms with van der Waals surface area (Å²) in [6.07, 6.45) is 0. The van der Waals surface area contributed by atoms with Gasteiger partial charge in [0, 0.05) is 11.1 Å². The van der Waals surface area contributed by atoms with Gasteiger partial charge >= 0.3 is 11.8 Å². The van der Waals surface area contributed by atoms with Gasteiger partial charge in [-0.05, 0) is 50.2 Å². The van der Waals surface area contributed by atoms with Crippen molar-refractivity contribution in [1.82, 2.24) is 10.9 Å². The van der Waals surface area contributed by atoms with E-state index in [9.17, 15) is 9.59 Å². The minimum atomic E-state index is -0.590. The topological polar surface area (TPSA) is 115 Å². The number of carbonyl (C=O) groups excluding carboxylic acids is 2. The molecule has 3 rings (SSSR count). The molecule has 0 aliphatic rings. The SMILES string of the molecule is COc1cccc(C(C)=NNC(=O)c2ccc(C(=O)NN=C(C)c3cccc(OC)c3)o2)c1. The molecule has 2 amide bonds. The molecule has 3 aromatic rings. The van der Waals surface area contributed by atoms with Crippen LogP contribution in [0.5, 0.6) is 11.5 Å². The van der Waals surface area contributed by atoms with Crippen LogP contribution in [0.3, 0.4) is 0 Å². The first-order chi connectivity index (χ1) is 15.9. The molecule has 9 heteroatoms. The quantitative estimate of drug-likeness (QED) is 0.404. The summed E-state index contributed by atoms with van der Waals surface area (Å²) in [5.41, 5.74) is 7.56. The maximum atomic E-state index is 12.3. The first kappa shape index (κ1) is 23.3. The molecule has 2 aromatic carbocycles. The van der Waals surface area contributed by atoms with Crippen LogP contribution in [0.2, 0.25) is 0 Å². The Balaban J connectivity index is 1.62. The van der Waals surface area contributed by atoms with Crippen molar-refractivity contribution in [3.05, 3.63) is 83.3 Å². The first-order valence-electron chi connectivity index (χ1n) is 9.99. The molecule has 0 saturated heterocycles. The zero-order valence-corrected chi connectivity index (χ0v) is 18.7. The summed E-state index contributed by atoms with van der Waals surface area (Å²) in [6, 6.07) is 17.3. The van der Waals surface area contributed by atoms with Crippen molar-refractivity contribution in [3.63, 3.8) is 0 Å². The number of hydrazone groups is 2. The summed E-state index contributed by atoms with van der Waals surface area (Å²) in [4.78, 5) is 24.7. The molecule has 0 spiro atoms. The van der Waals surface area contributed by atoms with Crippen LogP contribution >= 0.6 is 0 Å². The largest absolute Gasteiger partial charge is 0.497 e. The number of hydrogen-bond acceptors (Lipinski definition) is 7. The van der Waals surface area contributed by atoms with Crippen LogP contribution in [0.1, 0.15) is 46.1 Å². The third-order valence-corrected chi connectivity index (χ3v) is 4.68. The Morgan fingerprint density at radius 3 is 1.55 bits per heavy atom. The third-order valence-electron chi connectivity index (χ3n) is 4.68. The molecule has 0 unspecified atom stereocenters. The number of rotatable bonds is 8. The molecule has 0 fully saturated rings. The fraction of sp³-hybridized carbons (Fsp3) is 0.167. The normalized spacial score (nSPS) is 11.6. The van der Waals surface area contributed by atoms with E-state index in [0.29, 0.717) is 22.9 Å². The Hall–Kier alpha value is -4.40. The van der Waals surface area contributed by atoms with Gasteiger partial charge in [-0.25, -0.2) is 10.9 Å². The van der Waals surface area contributed by atoms with Gasteiger partial charge in [-0.15, -0.1) is 0 Å². The Morgan fingerprint density at radius 2 is 1.15 bits per heavy atom. The molecule has 0 saturated carbocycles. The Labute approximate surface area is 191 Å². The predicted molar refractivity (Wildman–Crippen MR) is 124 cm³/mol. The standard InChI is InChI=1S/C24H24N4O5/c1-15(17-7-5-9-19(13-17)31-3)25-27-23(29)21-11-12-22(33-21)24(30)28-26-16(2)18-8-6-10-20(14-18)32-4/h5-14H,1-4H3,(H,27,29)(H,28,30). The first-order valence-corrected chi connectivity index (χ1v) is 9.99. The van der Waals surface area contributed by atoms with Crippen molar-refractivity contribution < 1.29 is 23.5 Å². The van der Waals surface area contributed by atoms with Gasteiger partial charge < -0.3 is 13.9 Å². The van der Waals surface area contributed by atoms with Gasteiger partial charge in [0.2, 0.25) is 0 Å². The molecule has 170 valence electrons. The zero-order valence-electron chi connectivity index (χ0n) is 18.7. The van der Waals surface area contributed by atoms with Gasteiger partial charge in [0.05, 0.1) is 25.6 Å². The van der Waals surface area contributed by atoms with E-state index in [2.05, 4.69) is 21.1 Å². The zero-order chi connectivity index (χ0) is 23.8. The maximum absolute atomic E-state index is 12.3. The lowest BCUT2D eigenvalue weighted by Crippen LogP contribution is -2.20. The second-order valence-electron chi connectivity index (χ2n) is 6.90. The molecule has 33 heavy (non-hydrogen) atoms. The lowest BCUT2D eigenvalue weighted by atomic mass is 10.1. The highest BCUT2D eigenvalue weighted by Gasteiger charge is 2.16. The number of benzene rings is 2. The van der Waals surface area contributed by atoms with Crippen LogP contribution in [0.15, 0.2) is 75.3 Å². The van der Waals surface area contributed by atoms with E-state index in [1.807, 2.05) is 36.4 Å². The van der Waals surface area contributed by atoms with Crippen LogP contribution in [0.25, 0.3) is 0 Å². The number of nitrogens with one attached hydrogen (secondary N) is 2. The number of methoxy groups -OCH3 is 2. The number of amides is 2. The average molecular weight is 448 g/mol. The number of nitrogens with zero attached hydrogens (tertiary/aromatic N) is 2. The van der Waals surface area contributed by atoms with Crippen molar-refractivity contribution in [2.45, 2.75) is 13.8 Å². The van der Waals surface area contributed by atoms with Gasteiger partial charge in [-0.3, -0.25) is 9.59 Å². The predicted octanol–water partition coefficient (Wildman–Crippen LogP) is 3.60. The number of furan rings is 1. The van der Waals surface area contributed by atoms with Gasteiger partial charge in [-0.2, -0.15) is 10.2 Å². The summed E-state index contributed by atoms with van der Waals surface area (Å²) in [7, 11) is 3.15. The Bertz CT molecular complexity index is 1120. The highest BCUT2D eigenvalue weighted by atomic mass is 16.5. The molecular formula is C24H24N4O5. The minimum Gasteiger partial charge on any atom is -0.497 e. The van der Waals surface area contributed by atoms with Crippen LogP contribution in [0.4, 0.5) is 0 Å². The van der Waals surface area contributed by atoms with Crippen molar-refractivity contribution in [1.29, 1.82) is 0 Å². The molecule has 0 aliphatic carbocycles. The molecule has 0 bridgehead atoms. The van der Waals surface area contributed by atoms with E-state index in [4.69, 9.17) is 13.9 Å². The third kappa shape index (κ3) is 6.07. The fourth-order valence-corrected chi connectivity index (χ4v) is 2.79. The molecular weight excluding hydrogens is 424 g/mol. The van der Waals surface area contributed by atoms with Crippen molar-refractivity contribution in [3.8, 4) is 11.5 Å². The van der Waals surface area contributed by atoms with Gasteiger partial charge in [0.25, 0.3) is 0 Å². The van der Waals surface area contributed by atoms with Crippen LogP contribution in [0, 0.1) is 0 Å². The van der Waals surface area contributed by atoms with E-state index >= 15 is 0 Å². The molecule has 2 N–H and O–H groups in total. The number of carbonyl (C=O) groups is 2. The summed E-state index contributed by atoms with van der Waals surface area (Å²) in [6.45, 7) is 3.50. The number of ether oxygens (including phenoxy) is 2. The summed E-state index contributed by atoms with van der Waals surface area (Å²) in [5, 5.41) is 8.15. The van der Waals surface area contributed by atoms with E-state index in [0.717, 1.165) is 11.1 Å². The molecule has 9 nitrogen and oxygen atoms in total. The molecule has 0 atom stereocenters. The number of hydrogen-bond donors (Lipinski definition) is 2. The van der Waals surface area contributed by atoms with Crippen molar-refractivity contribution >= 4 is 23.2 Å². The van der Waals surface area contributed by atoms with Gasteiger partial charge in [0.1, 0.15) is 11.5 Å². The van der Waals surface area contributed by atoms with E-state index in [1.54, 1.807) is 40.2 Å². The highest BCUT2D eigenvalue weighted by Crippen LogP contribution is 2.14. The summed E-state index contributed by atoms with van der Waals surface area (Å²) in [5.74, 6) is 0.0603. The highest BCUT2D eigenvalue weighted by molar-refractivity contribution is 6.02. The molecule has 1 heterocycles. The second kappa shape index (κ2) is 10.8. The Morgan fingerprint density at radius 1 is 0.727 bits per heavy atom. The smallest absolute Gasteiger partial charge is 0.307 e. The molecule has 0 aliphatic heterocycles. The lowest BCUT2D eigenvalue weighted by molar-refractivity contribution is 0.0902. The van der Waals surface area contributed by atoms with Crippen LogP contribution in [-0.4, -0.2) is 37.5 Å². The van der Waals surface area contributed by atoms with Crippen molar-refractivity contribution in [2.75, 3.05) is 14.2 Å². The van der Waals surface area contributed by atoms with E-state index < -0.39 is 11.8 Å². The Kier molecular flexibility index (Phi) is 7.59. The molecule has 0 radical (unpaired) electrons. The summed E-state index contributed by atoms with van der Waals surface area (Å²) >= 11 is 0. The molecule has 1 aromatic heterocycles.